The third kappa shape index (κ3) is 17.6. The first-order valence-electron chi connectivity index (χ1n) is 19.4. The van der Waals surface area contributed by atoms with Gasteiger partial charge in [0.15, 0.2) is 6.29 Å². The van der Waals surface area contributed by atoms with E-state index in [0.717, 1.165) is 63.5 Å². The molecule has 7 N–H and O–H groups in total. The lowest BCUT2D eigenvalue weighted by Gasteiger charge is -2.40. The van der Waals surface area contributed by atoms with Gasteiger partial charge in [-0.05, 0) is 43.4 Å². The molecule has 1 fully saturated rings. The fraction of sp³-hybridized carbons (Fsp3) is 0.821. The summed E-state index contributed by atoms with van der Waals surface area (Å²) in [5.41, 5.74) is 1.27. The third-order valence-corrected chi connectivity index (χ3v) is 9.82. The topological polar surface area (TPSA) is 178 Å². The number of aliphatic hydroxyl groups is 6. The summed E-state index contributed by atoms with van der Waals surface area (Å²) in [7, 11) is 1.65. The fourth-order valence-electron chi connectivity index (χ4n) is 6.48. The molecule has 0 bridgehead atoms. The van der Waals surface area contributed by atoms with E-state index in [9.17, 15) is 35.4 Å². The first-order valence-corrected chi connectivity index (χ1v) is 19.4. The molecule has 1 aliphatic heterocycles. The molecule has 1 amide bonds. The number of benzene rings is 1. The van der Waals surface area contributed by atoms with E-state index in [1.54, 1.807) is 7.11 Å². The standard InChI is InChI=1S/C39H69NO10/c1-3-4-5-6-7-8-9-10-11-12-15-18-21-32(42)35(44)31(28-49-39-38(47)37(46)36(45)33(27-41)50-39)40-34(43)22-19-16-13-14-17-20-29-23-25-30(48-2)26-24-29/h23-26,31-33,35-39,41-42,44-47H,3-22,27-28H2,1-2H3,(H,40,43)/t31-,32+,33?,35-,36?,37?,38?,39?/m0/s1. The van der Waals surface area contributed by atoms with Crippen molar-refractivity contribution in [1.82, 2.24) is 5.32 Å². The van der Waals surface area contributed by atoms with Gasteiger partial charge in [-0.3, -0.25) is 4.79 Å². The van der Waals surface area contributed by atoms with Gasteiger partial charge < -0.3 is 50.2 Å². The van der Waals surface area contributed by atoms with Gasteiger partial charge in [0.1, 0.15) is 36.3 Å². The summed E-state index contributed by atoms with van der Waals surface area (Å²) >= 11 is 0. The summed E-state index contributed by atoms with van der Waals surface area (Å²) < 4.78 is 16.3. The van der Waals surface area contributed by atoms with Gasteiger partial charge in [0.25, 0.3) is 0 Å². The summed E-state index contributed by atoms with van der Waals surface area (Å²) in [6.07, 6.45) is 10.7. The monoisotopic (exact) mass is 711 g/mol. The minimum absolute atomic E-state index is 0.247. The zero-order valence-electron chi connectivity index (χ0n) is 30.8. The van der Waals surface area contributed by atoms with E-state index < -0.39 is 55.6 Å². The number of carbonyl (C=O) groups is 1. The van der Waals surface area contributed by atoms with Crippen LogP contribution in [-0.2, 0) is 20.7 Å². The van der Waals surface area contributed by atoms with Crippen molar-refractivity contribution in [3.8, 4) is 5.75 Å². The Labute approximate surface area is 300 Å². The fourth-order valence-corrected chi connectivity index (χ4v) is 6.48. The lowest BCUT2D eigenvalue weighted by atomic mass is 9.98. The second kappa shape index (κ2) is 26.9. The first-order chi connectivity index (χ1) is 24.2. The summed E-state index contributed by atoms with van der Waals surface area (Å²) in [5.74, 6) is 0.554. The second-order valence-corrected chi connectivity index (χ2v) is 14.1. The van der Waals surface area contributed by atoms with Gasteiger partial charge in [-0.25, -0.2) is 0 Å². The number of nitrogens with one attached hydrogen (secondary N) is 1. The van der Waals surface area contributed by atoms with Gasteiger partial charge in [0, 0.05) is 6.42 Å². The van der Waals surface area contributed by atoms with E-state index >= 15 is 0 Å². The maximum absolute atomic E-state index is 12.9. The van der Waals surface area contributed by atoms with Crippen LogP contribution in [0, 0.1) is 0 Å². The number of amides is 1. The molecule has 0 saturated carbocycles. The third-order valence-electron chi connectivity index (χ3n) is 9.82. The minimum atomic E-state index is -1.61. The molecule has 1 heterocycles. The van der Waals surface area contributed by atoms with Gasteiger partial charge in [-0.15, -0.1) is 0 Å². The zero-order valence-corrected chi connectivity index (χ0v) is 30.8. The molecule has 50 heavy (non-hydrogen) atoms. The SMILES string of the molecule is CCCCCCCCCCCCCC[C@@H](O)[C@@H](O)[C@H](COC1OC(CO)C(O)C(O)C1O)NC(=O)CCCCCCCc1ccc(OC)cc1. The number of methoxy groups -OCH3 is 1. The van der Waals surface area contributed by atoms with E-state index in [1.165, 1.54) is 56.9 Å². The van der Waals surface area contributed by atoms with Crippen LogP contribution in [0.5, 0.6) is 5.75 Å². The van der Waals surface area contributed by atoms with Crippen molar-refractivity contribution in [2.24, 2.45) is 0 Å². The van der Waals surface area contributed by atoms with Crippen molar-refractivity contribution < 1.29 is 49.6 Å². The average molecular weight is 712 g/mol. The molecule has 5 unspecified atom stereocenters. The Bertz CT molecular complexity index is 980. The van der Waals surface area contributed by atoms with Gasteiger partial charge in [0.2, 0.25) is 5.91 Å². The molecule has 0 aliphatic carbocycles. The molecule has 1 saturated heterocycles. The molecule has 290 valence electrons. The number of aliphatic hydroxyl groups excluding tert-OH is 6. The second-order valence-electron chi connectivity index (χ2n) is 14.1. The molecule has 0 spiro atoms. The van der Waals surface area contributed by atoms with Crippen LogP contribution in [0.3, 0.4) is 0 Å². The van der Waals surface area contributed by atoms with Crippen LogP contribution in [0.15, 0.2) is 24.3 Å². The average Bonchev–Trinajstić information content (AvgIpc) is 3.12. The molecule has 0 aromatic heterocycles. The molecule has 0 radical (unpaired) electrons. The van der Waals surface area contributed by atoms with Crippen LogP contribution >= 0.6 is 0 Å². The number of ether oxygens (including phenoxy) is 3. The highest BCUT2D eigenvalue weighted by atomic mass is 16.7. The highest BCUT2D eigenvalue weighted by Crippen LogP contribution is 2.23. The number of carbonyl (C=O) groups excluding carboxylic acids is 1. The summed E-state index contributed by atoms with van der Waals surface area (Å²) in [6, 6.07) is 7.07. The van der Waals surface area contributed by atoms with Crippen molar-refractivity contribution in [3.63, 3.8) is 0 Å². The van der Waals surface area contributed by atoms with Crippen molar-refractivity contribution in [3.05, 3.63) is 29.8 Å². The highest BCUT2D eigenvalue weighted by Gasteiger charge is 2.44. The van der Waals surface area contributed by atoms with Gasteiger partial charge in [-0.2, -0.15) is 0 Å². The lowest BCUT2D eigenvalue weighted by molar-refractivity contribution is -0.303. The van der Waals surface area contributed by atoms with E-state index in [-0.39, 0.29) is 18.9 Å². The van der Waals surface area contributed by atoms with Crippen LogP contribution in [0.4, 0.5) is 0 Å². The number of unbranched alkanes of at least 4 members (excludes halogenated alkanes) is 15. The lowest BCUT2D eigenvalue weighted by Crippen LogP contribution is -2.60. The highest BCUT2D eigenvalue weighted by molar-refractivity contribution is 5.76. The van der Waals surface area contributed by atoms with Crippen LogP contribution < -0.4 is 10.1 Å². The Kier molecular flexibility index (Phi) is 23.8. The quantitative estimate of drug-likeness (QED) is 0.0577. The Morgan fingerprint density at radius 2 is 1.34 bits per heavy atom. The Hall–Kier alpha value is -1.83. The Balaban J connectivity index is 1.77. The molecule has 8 atom stereocenters. The first kappa shape index (κ1) is 44.3. The van der Waals surface area contributed by atoms with Crippen molar-refractivity contribution in [2.45, 2.75) is 184 Å². The molecule has 11 nitrogen and oxygen atoms in total. The number of rotatable bonds is 29. The van der Waals surface area contributed by atoms with E-state index in [1.807, 2.05) is 12.1 Å². The van der Waals surface area contributed by atoms with Crippen LogP contribution in [0.2, 0.25) is 0 Å². The predicted octanol–water partition coefficient (Wildman–Crippen LogP) is 4.69. The predicted molar refractivity (Wildman–Crippen MR) is 194 cm³/mol. The van der Waals surface area contributed by atoms with E-state index in [4.69, 9.17) is 14.2 Å². The maximum Gasteiger partial charge on any atom is 0.220 e. The van der Waals surface area contributed by atoms with Crippen molar-refractivity contribution in [1.29, 1.82) is 0 Å². The molecular formula is C39H69NO10. The molecule has 11 heteroatoms. The largest absolute Gasteiger partial charge is 0.497 e. The Morgan fingerprint density at radius 1 is 0.780 bits per heavy atom. The van der Waals surface area contributed by atoms with E-state index in [2.05, 4.69) is 24.4 Å². The Morgan fingerprint density at radius 3 is 1.92 bits per heavy atom. The summed E-state index contributed by atoms with van der Waals surface area (Å²) in [6.45, 7) is 1.30. The smallest absolute Gasteiger partial charge is 0.220 e. The van der Waals surface area contributed by atoms with Gasteiger partial charge in [0.05, 0.1) is 32.5 Å². The molecule has 2 rings (SSSR count). The van der Waals surface area contributed by atoms with Crippen molar-refractivity contribution >= 4 is 5.91 Å². The van der Waals surface area contributed by atoms with Gasteiger partial charge >= 0.3 is 0 Å². The molecule has 1 aromatic carbocycles. The summed E-state index contributed by atoms with van der Waals surface area (Å²) in [5, 5.41) is 64.9. The molecular weight excluding hydrogens is 642 g/mol. The van der Waals surface area contributed by atoms with E-state index in [0.29, 0.717) is 12.8 Å². The summed E-state index contributed by atoms with van der Waals surface area (Å²) in [4.78, 5) is 12.9. The molecule has 1 aliphatic rings. The number of hydrogen-bond donors (Lipinski definition) is 7. The van der Waals surface area contributed by atoms with Crippen LogP contribution in [0.1, 0.15) is 134 Å². The maximum atomic E-state index is 12.9. The zero-order chi connectivity index (χ0) is 36.6. The normalized spacial score (nSPS) is 22.6. The van der Waals surface area contributed by atoms with Crippen LogP contribution in [-0.4, -0.2) is 106 Å². The number of aryl methyl sites for hydroxylation is 1. The van der Waals surface area contributed by atoms with Crippen molar-refractivity contribution in [2.75, 3.05) is 20.3 Å². The minimum Gasteiger partial charge on any atom is -0.497 e. The van der Waals surface area contributed by atoms with Gasteiger partial charge in [-0.1, -0.05) is 115 Å². The number of hydrogen-bond acceptors (Lipinski definition) is 10. The molecule has 1 aromatic rings. The van der Waals surface area contributed by atoms with Crippen LogP contribution in [0.25, 0.3) is 0 Å².